The van der Waals surface area contributed by atoms with Crippen molar-refractivity contribution in [1.29, 1.82) is 0 Å². The summed E-state index contributed by atoms with van der Waals surface area (Å²) >= 11 is 0. The molecule has 2 fully saturated rings. The first kappa shape index (κ1) is 24.3. The summed E-state index contributed by atoms with van der Waals surface area (Å²) in [6, 6.07) is 11.9. The molecular formula is C28H34F3N3O. The number of amides is 1. The lowest BCUT2D eigenvalue weighted by atomic mass is 9.75. The van der Waals surface area contributed by atoms with Crippen molar-refractivity contribution < 1.29 is 18.0 Å². The molecule has 2 aliphatic heterocycles. The van der Waals surface area contributed by atoms with Gasteiger partial charge in [0.15, 0.2) is 0 Å². The predicted octanol–water partition coefficient (Wildman–Crippen LogP) is 5.98. The number of piperazine rings is 1. The van der Waals surface area contributed by atoms with Crippen LogP contribution in [0.5, 0.6) is 0 Å². The average molecular weight is 486 g/mol. The maximum atomic E-state index is 14.5. The van der Waals surface area contributed by atoms with Crippen LogP contribution in [0.3, 0.4) is 0 Å². The minimum atomic E-state index is -4.52. The minimum Gasteiger partial charge on any atom is -0.304 e. The van der Waals surface area contributed by atoms with E-state index in [9.17, 15) is 18.0 Å². The number of benzene rings is 2. The molecule has 4 nitrogen and oxygen atoms in total. The van der Waals surface area contributed by atoms with Crippen LogP contribution < -0.4 is 4.90 Å². The number of alkyl halides is 3. The Morgan fingerprint density at radius 1 is 1.06 bits per heavy atom. The van der Waals surface area contributed by atoms with Crippen LogP contribution in [0.15, 0.2) is 42.5 Å². The van der Waals surface area contributed by atoms with E-state index in [1.165, 1.54) is 6.07 Å². The highest BCUT2D eigenvalue weighted by molar-refractivity contribution is 6.11. The second-order valence-electron chi connectivity index (χ2n) is 10.8. The SMILES string of the molecule is CC(C)C1CN(C)CCN1Cc1cc2c(c(C(F)(F)F)c1)C(C1CCC1)N(c1ccccc1)C2=O. The molecule has 1 saturated heterocycles. The molecular weight excluding hydrogens is 451 g/mol. The standard InChI is InChI=1S/C28H34F3N3O/c1-18(2)24-17-32(3)12-13-33(24)16-19-14-22-25(23(15-19)28(29,30)31)26(20-8-7-9-20)34(27(22)35)21-10-5-4-6-11-21/h4-6,10-11,14-15,18,20,24,26H,7-9,12-13,16-17H2,1-3H3. The summed E-state index contributed by atoms with van der Waals surface area (Å²) in [7, 11) is 2.08. The fourth-order valence-electron chi connectivity index (χ4n) is 6.04. The molecule has 0 radical (unpaired) electrons. The number of nitrogens with zero attached hydrogens (tertiary/aromatic N) is 3. The maximum absolute atomic E-state index is 14.5. The van der Waals surface area contributed by atoms with E-state index < -0.39 is 17.8 Å². The maximum Gasteiger partial charge on any atom is 0.416 e. The van der Waals surface area contributed by atoms with Crippen LogP contribution in [0.1, 0.15) is 66.2 Å². The molecule has 5 rings (SSSR count). The molecule has 188 valence electrons. The Morgan fingerprint density at radius 3 is 2.37 bits per heavy atom. The highest BCUT2D eigenvalue weighted by Crippen LogP contribution is 2.52. The normalized spacial score (nSPS) is 24.2. The van der Waals surface area contributed by atoms with Crippen LogP contribution in [0.25, 0.3) is 0 Å². The van der Waals surface area contributed by atoms with Crippen molar-refractivity contribution in [2.24, 2.45) is 11.8 Å². The summed E-state index contributed by atoms with van der Waals surface area (Å²) in [6.45, 7) is 7.30. The van der Waals surface area contributed by atoms with Gasteiger partial charge in [0.05, 0.1) is 11.6 Å². The molecule has 1 saturated carbocycles. The molecule has 0 N–H and O–H groups in total. The van der Waals surface area contributed by atoms with Gasteiger partial charge in [-0.1, -0.05) is 38.5 Å². The number of fused-ring (bicyclic) bond motifs is 1. The van der Waals surface area contributed by atoms with Crippen LogP contribution in [-0.4, -0.2) is 48.4 Å². The van der Waals surface area contributed by atoms with Crippen LogP contribution in [0, 0.1) is 11.8 Å². The van der Waals surface area contributed by atoms with Crippen LogP contribution in [-0.2, 0) is 12.7 Å². The Morgan fingerprint density at radius 2 is 1.77 bits per heavy atom. The monoisotopic (exact) mass is 485 g/mol. The lowest BCUT2D eigenvalue weighted by Crippen LogP contribution is -2.53. The fraction of sp³-hybridized carbons (Fsp3) is 0.536. The Bertz CT molecular complexity index is 1080. The third-order valence-corrected chi connectivity index (χ3v) is 8.09. The number of halogens is 3. The first-order chi connectivity index (χ1) is 16.6. The van der Waals surface area contributed by atoms with Gasteiger partial charge in [-0.15, -0.1) is 0 Å². The largest absolute Gasteiger partial charge is 0.416 e. The smallest absolute Gasteiger partial charge is 0.304 e. The quantitative estimate of drug-likeness (QED) is 0.521. The van der Waals surface area contributed by atoms with Crippen molar-refractivity contribution in [1.82, 2.24) is 9.80 Å². The van der Waals surface area contributed by atoms with E-state index in [1.807, 2.05) is 30.3 Å². The zero-order valence-electron chi connectivity index (χ0n) is 20.7. The molecule has 1 aliphatic carbocycles. The van der Waals surface area contributed by atoms with Crippen molar-refractivity contribution >= 4 is 11.6 Å². The summed E-state index contributed by atoms with van der Waals surface area (Å²) in [5.74, 6) is 0.122. The van der Waals surface area contributed by atoms with E-state index in [-0.39, 0.29) is 29.0 Å². The molecule has 2 heterocycles. The molecule has 3 aliphatic rings. The third-order valence-electron chi connectivity index (χ3n) is 8.09. The van der Waals surface area contributed by atoms with E-state index in [4.69, 9.17) is 0 Å². The van der Waals surface area contributed by atoms with Gasteiger partial charge in [-0.3, -0.25) is 9.69 Å². The van der Waals surface area contributed by atoms with E-state index >= 15 is 0 Å². The first-order valence-corrected chi connectivity index (χ1v) is 12.7. The van der Waals surface area contributed by atoms with Gasteiger partial charge in [0, 0.05) is 49.0 Å². The molecule has 0 spiro atoms. The zero-order valence-corrected chi connectivity index (χ0v) is 20.7. The van der Waals surface area contributed by atoms with E-state index in [0.29, 0.717) is 23.7 Å². The minimum absolute atomic E-state index is 0.0512. The highest BCUT2D eigenvalue weighted by atomic mass is 19.4. The number of hydrogen-bond donors (Lipinski definition) is 0. The van der Waals surface area contributed by atoms with Gasteiger partial charge in [-0.2, -0.15) is 13.2 Å². The molecule has 35 heavy (non-hydrogen) atoms. The highest BCUT2D eigenvalue weighted by Gasteiger charge is 2.49. The molecule has 0 aromatic heterocycles. The predicted molar refractivity (Wildman–Crippen MR) is 131 cm³/mol. The van der Waals surface area contributed by atoms with E-state index in [2.05, 4.69) is 30.7 Å². The topological polar surface area (TPSA) is 26.8 Å². The number of carbonyl (C=O) groups excluding carboxylic acids is 1. The zero-order chi connectivity index (χ0) is 24.9. The van der Waals surface area contributed by atoms with Gasteiger partial charge in [0.2, 0.25) is 0 Å². The molecule has 7 heteroatoms. The van der Waals surface area contributed by atoms with Gasteiger partial charge in [-0.25, -0.2) is 0 Å². The Balaban J connectivity index is 1.58. The van der Waals surface area contributed by atoms with Gasteiger partial charge in [0.1, 0.15) is 0 Å². The summed E-state index contributed by atoms with van der Waals surface area (Å²) in [6.07, 6.45) is -1.84. The molecule has 2 unspecified atom stereocenters. The van der Waals surface area contributed by atoms with Crippen molar-refractivity contribution in [3.63, 3.8) is 0 Å². The Hall–Kier alpha value is -2.38. The number of anilines is 1. The fourth-order valence-corrected chi connectivity index (χ4v) is 6.04. The summed E-state index contributed by atoms with van der Waals surface area (Å²) < 4.78 is 43.6. The molecule has 0 bridgehead atoms. The number of rotatable bonds is 5. The van der Waals surface area contributed by atoms with Crippen LogP contribution in [0.4, 0.5) is 18.9 Å². The second kappa shape index (κ2) is 9.25. The van der Waals surface area contributed by atoms with Crippen molar-refractivity contribution in [2.75, 3.05) is 31.6 Å². The number of hydrogen-bond acceptors (Lipinski definition) is 3. The first-order valence-electron chi connectivity index (χ1n) is 12.7. The summed E-state index contributed by atoms with van der Waals surface area (Å²) in [4.78, 5) is 19.9. The molecule has 2 aromatic carbocycles. The van der Waals surface area contributed by atoms with E-state index in [1.54, 1.807) is 11.0 Å². The summed E-state index contributed by atoms with van der Waals surface area (Å²) in [5, 5.41) is 0. The second-order valence-corrected chi connectivity index (χ2v) is 10.8. The van der Waals surface area contributed by atoms with Crippen molar-refractivity contribution in [3.05, 3.63) is 64.7 Å². The van der Waals surface area contributed by atoms with Gasteiger partial charge < -0.3 is 9.80 Å². The van der Waals surface area contributed by atoms with Crippen molar-refractivity contribution in [3.8, 4) is 0 Å². The molecule has 2 atom stereocenters. The van der Waals surface area contributed by atoms with Crippen molar-refractivity contribution in [2.45, 2.75) is 57.9 Å². The average Bonchev–Trinajstić information content (AvgIpc) is 3.05. The molecule has 2 aromatic rings. The van der Waals surface area contributed by atoms with Crippen LogP contribution in [0.2, 0.25) is 0 Å². The lowest BCUT2D eigenvalue weighted by Gasteiger charge is -2.42. The van der Waals surface area contributed by atoms with Gasteiger partial charge in [0.25, 0.3) is 5.91 Å². The van der Waals surface area contributed by atoms with Gasteiger partial charge >= 0.3 is 6.18 Å². The van der Waals surface area contributed by atoms with Gasteiger partial charge in [-0.05, 0) is 61.6 Å². The number of likely N-dealkylation sites (N-methyl/N-ethyl adjacent to an activating group) is 1. The molecule has 1 amide bonds. The van der Waals surface area contributed by atoms with E-state index in [0.717, 1.165) is 38.9 Å². The van der Waals surface area contributed by atoms with Crippen LogP contribution >= 0.6 is 0 Å². The number of para-hydroxylation sites is 1. The number of carbonyl (C=O) groups is 1. The Labute approximate surface area is 205 Å². The lowest BCUT2D eigenvalue weighted by molar-refractivity contribution is -0.138. The summed E-state index contributed by atoms with van der Waals surface area (Å²) in [5.41, 5.74) is 1.01. The third kappa shape index (κ3) is 4.49. The Kier molecular flexibility index (Phi) is 6.43.